The summed E-state index contributed by atoms with van der Waals surface area (Å²) in [6.45, 7) is 2.26. The van der Waals surface area contributed by atoms with Crippen molar-refractivity contribution >= 4 is 27.4 Å². The van der Waals surface area contributed by atoms with E-state index in [0.29, 0.717) is 12.2 Å². The van der Waals surface area contributed by atoms with Crippen LogP contribution in [0, 0.1) is 0 Å². The number of benzene rings is 1. The molecule has 1 aromatic heterocycles. The molecule has 1 N–H and O–H groups in total. The van der Waals surface area contributed by atoms with Crippen LogP contribution in [0.4, 0.5) is 0 Å². The topological polar surface area (TPSA) is 46.5 Å². The molecule has 0 fully saturated rings. The molecule has 1 aliphatic rings. The molecule has 1 aliphatic carbocycles. The molecule has 0 spiro atoms. The van der Waals surface area contributed by atoms with E-state index >= 15 is 0 Å². The molecule has 3 nitrogen and oxygen atoms in total. The molecule has 0 radical (unpaired) electrons. The minimum absolute atomic E-state index is 0.589. The summed E-state index contributed by atoms with van der Waals surface area (Å²) < 4.78 is 7.16. The maximum Gasteiger partial charge on any atom is 0.344 e. The van der Waals surface area contributed by atoms with Gasteiger partial charge in [-0.05, 0) is 67.7 Å². The Labute approximate surface area is 198 Å². The van der Waals surface area contributed by atoms with Crippen molar-refractivity contribution in [1.29, 1.82) is 0 Å². The summed E-state index contributed by atoms with van der Waals surface area (Å²) in [4.78, 5) is 13.2. The first kappa shape index (κ1) is 25.1. The van der Waals surface area contributed by atoms with Crippen molar-refractivity contribution in [2.75, 3.05) is 0 Å². The fraction of sp³-hybridized carbons (Fsp3) is 0.679. The van der Waals surface area contributed by atoms with Gasteiger partial charge in [0.05, 0.1) is 0 Å². The lowest BCUT2D eigenvalue weighted by molar-refractivity contribution is -0.145. The minimum Gasteiger partial charge on any atom is -0.479 e. The number of carboxylic acids is 1. The third-order valence-electron chi connectivity index (χ3n) is 6.80. The zero-order valence-corrected chi connectivity index (χ0v) is 20.8. The van der Waals surface area contributed by atoms with Crippen molar-refractivity contribution < 1.29 is 14.6 Å². The van der Waals surface area contributed by atoms with Gasteiger partial charge in [-0.1, -0.05) is 77.6 Å². The average Bonchev–Trinajstić information content (AvgIpc) is 3.16. The molecular weight excluding hydrogens is 416 g/mol. The third-order valence-corrected chi connectivity index (χ3v) is 8.06. The fourth-order valence-corrected chi connectivity index (χ4v) is 6.21. The number of thiophene rings is 1. The SMILES string of the molecule is CCCCCCCCCCCCCCC(Oc1ccc2c3c(sc2c1)CCCC3)C(=O)O. The van der Waals surface area contributed by atoms with Gasteiger partial charge >= 0.3 is 5.97 Å². The van der Waals surface area contributed by atoms with Crippen LogP contribution in [0.25, 0.3) is 10.1 Å². The second-order valence-corrected chi connectivity index (χ2v) is 10.6. The highest BCUT2D eigenvalue weighted by Gasteiger charge is 2.20. The van der Waals surface area contributed by atoms with E-state index in [1.165, 1.54) is 110 Å². The maximum absolute atomic E-state index is 11.7. The molecule has 1 atom stereocenters. The van der Waals surface area contributed by atoms with Crippen molar-refractivity contribution in [1.82, 2.24) is 0 Å². The van der Waals surface area contributed by atoms with Crippen molar-refractivity contribution in [3.05, 3.63) is 28.6 Å². The first-order chi connectivity index (χ1) is 15.7. The summed E-state index contributed by atoms with van der Waals surface area (Å²) in [7, 11) is 0. The van der Waals surface area contributed by atoms with Gasteiger partial charge in [0, 0.05) is 9.58 Å². The van der Waals surface area contributed by atoms with Crippen molar-refractivity contribution in [3.8, 4) is 5.75 Å². The van der Waals surface area contributed by atoms with Gasteiger partial charge in [-0.2, -0.15) is 0 Å². The number of fused-ring (bicyclic) bond motifs is 3. The predicted molar refractivity (Wildman–Crippen MR) is 136 cm³/mol. The highest BCUT2D eigenvalue weighted by atomic mass is 32.1. The first-order valence-electron chi connectivity index (χ1n) is 13.1. The Morgan fingerprint density at radius 2 is 1.56 bits per heavy atom. The van der Waals surface area contributed by atoms with Gasteiger partial charge < -0.3 is 9.84 Å². The second kappa shape index (κ2) is 13.9. The zero-order valence-electron chi connectivity index (χ0n) is 20.0. The molecule has 1 aromatic carbocycles. The van der Waals surface area contributed by atoms with E-state index in [1.807, 2.05) is 17.4 Å². The van der Waals surface area contributed by atoms with Crippen molar-refractivity contribution in [2.45, 2.75) is 122 Å². The van der Waals surface area contributed by atoms with Crippen molar-refractivity contribution in [3.63, 3.8) is 0 Å². The molecule has 0 amide bonds. The Bertz CT molecular complexity index is 825. The van der Waals surface area contributed by atoms with Gasteiger partial charge in [0.2, 0.25) is 0 Å². The average molecular weight is 459 g/mol. The molecule has 2 aromatic rings. The minimum atomic E-state index is -0.848. The van der Waals surface area contributed by atoms with Crippen LogP contribution in [0.1, 0.15) is 114 Å². The molecule has 0 bridgehead atoms. The smallest absolute Gasteiger partial charge is 0.344 e. The Kier molecular flexibility index (Phi) is 10.9. The van der Waals surface area contributed by atoms with Crippen LogP contribution in [0.3, 0.4) is 0 Å². The number of aryl methyl sites for hydroxylation is 2. The first-order valence-corrected chi connectivity index (χ1v) is 13.9. The number of rotatable bonds is 16. The Morgan fingerprint density at radius 3 is 2.22 bits per heavy atom. The van der Waals surface area contributed by atoms with Gasteiger partial charge in [-0.3, -0.25) is 0 Å². The summed E-state index contributed by atoms with van der Waals surface area (Å²) in [5.41, 5.74) is 1.51. The molecule has 178 valence electrons. The maximum atomic E-state index is 11.7. The van der Waals surface area contributed by atoms with E-state index in [4.69, 9.17) is 4.74 Å². The Morgan fingerprint density at radius 1 is 0.938 bits per heavy atom. The van der Waals surface area contributed by atoms with Crippen LogP contribution in [0.5, 0.6) is 5.75 Å². The number of aliphatic carboxylic acids is 1. The summed E-state index contributed by atoms with van der Waals surface area (Å²) in [6.07, 6.45) is 20.2. The zero-order chi connectivity index (χ0) is 22.6. The van der Waals surface area contributed by atoms with Gasteiger partial charge in [0.1, 0.15) is 5.75 Å². The van der Waals surface area contributed by atoms with E-state index in [9.17, 15) is 9.90 Å². The molecular formula is C28H42O3S. The highest BCUT2D eigenvalue weighted by Crippen LogP contribution is 2.38. The number of unbranched alkanes of at least 4 members (excludes halogenated alkanes) is 11. The van der Waals surface area contributed by atoms with Crippen LogP contribution in [0.15, 0.2) is 18.2 Å². The van der Waals surface area contributed by atoms with Crippen LogP contribution in [-0.4, -0.2) is 17.2 Å². The second-order valence-electron chi connectivity index (χ2n) is 9.49. The van der Waals surface area contributed by atoms with Crippen LogP contribution in [-0.2, 0) is 17.6 Å². The summed E-state index contributed by atoms with van der Waals surface area (Å²) in [6, 6.07) is 6.15. The van der Waals surface area contributed by atoms with E-state index < -0.39 is 12.1 Å². The summed E-state index contributed by atoms with van der Waals surface area (Å²) >= 11 is 1.86. The van der Waals surface area contributed by atoms with E-state index in [2.05, 4.69) is 19.1 Å². The standard InChI is InChI=1S/C28H42O3S/c1-2-3-4-5-6-7-8-9-10-11-12-13-17-25(28(29)30)31-22-19-20-24-23-16-14-15-18-26(23)32-27(24)21-22/h19-21,25H,2-18H2,1H3,(H,29,30). The quantitative estimate of drug-likeness (QED) is 0.256. The van der Waals surface area contributed by atoms with Crippen LogP contribution >= 0.6 is 11.3 Å². The normalized spacial score (nSPS) is 14.4. The number of ether oxygens (including phenoxy) is 1. The lowest BCUT2D eigenvalue weighted by Gasteiger charge is -2.15. The largest absolute Gasteiger partial charge is 0.479 e. The summed E-state index contributed by atoms with van der Waals surface area (Å²) in [5, 5.41) is 11.0. The Balaban J connectivity index is 1.34. The molecule has 0 saturated heterocycles. The van der Waals surface area contributed by atoms with Gasteiger partial charge in [0.15, 0.2) is 6.10 Å². The molecule has 4 heteroatoms. The van der Waals surface area contributed by atoms with Gasteiger partial charge in [-0.15, -0.1) is 11.3 Å². The molecule has 32 heavy (non-hydrogen) atoms. The Hall–Kier alpha value is -1.55. The lowest BCUT2D eigenvalue weighted by Crippen LogP contribution is -2.26. The third kappa shape index (κ3) is 7.79. The van der Waals surface area contributed by atoms with E-state index in [0.717, 1.165) is 12.8 Å². The molecule has 1 unspecified atom stereocenters. The number of hydrogen-bond donors (Lipinski definition) is 1. The van der Waals surface area contributed by atoms with Crippen LogP contribution < -0.4 is 4.74 Å². The number of hydrogen-bond acceptors (Lipinski definition) is 3. The molecule has 3 rings (SSSR count). The predicted octanol–water partition coefficient (Wildman–Crippen LogP) is 8.70. The van der Waals surface area contributed by atoms with E-state index in [1.54, 1.807) is 0 Å². The van der Waals surface area contributed by atoms with Crippen LogP contribution in [0.2, 0.25) is 0 Å². The fourth-order valence-electron chi connectivity index (χ4n) is 4.89. The molecule has 0 saturated carbocycles. The number of carboxylic acid groups (broad SMARTS) is 1. The highest BCUT2D eigenvalue weighted by molar-refractivity contribution is 7.19. The van der Waals surface area contributed by atoms with Gasteiger partial charge in [-0.25, -0.2) is 4.79 Å². The van der Waals surface area contributed by atoms with E-state index in [-0.39, 0.29) is 0 Å². The lowest BCUT2D eigenvalue weighted by atomic mass is 9.96. The van der Waals surface area contributed by atoms with Gasteiger partial charge in [0.25, 0.3) is 0 Å². The van der Waals surface area contributed by atoms with Crippen molar-refractivity contribution in [2.24, 2.45) is 0 Å². The summed E-state index contributed by atoms with van der Waals surface area (Å²) in [5.74, 6) is -0.152. The molecule has 1 heterocycles. The monoisotopic (exact) mass is 458 g/mol. The number of carbonyl (C=O) groups is 1. The molecule has 0 aliphatic heterocycles.